The zero-order valence-corrected chi connectivity index (χ0v) is 14.6. The van der Waals surface area contributed by atoms with Gasteiger partial charge in [0, 0.05) is 13.2 Å². The molecule has 2 rings (SSSR count). The second kappa shape index (κ2) is 7.82. The Hall–Kier alpha value is -1.55. The van der Waals surface area contributed by atoms with Gasteiger partial charge in [-0.2, -0.15) is 0 Å². The Kier molecular flexibility index (Phi) is 6.05. The molecule has 0 radical (unpaired) electrons. The van der Waals surface area contributed by atoms with Crippen molar-refractivity contribution in [2.75, 3.05) is 13.2 Å². The third-order valence-corrected chi connectivity index (χ3v) is 4.74. The molecule has 1 aromatic rings. The highest BCUT2D eigenvalue weighted by atomic mass is 16.3. The molecule has 0 spiro atoms. The fourth-order valence-electron chi connectivity index (χ4n) is 3.06. The molecule has 1 aliphatic carbocycles. The van der Waals surface area contributed by atoms with Gasteiger partial charge in [0.1, 0.15) is 0 Å². The molecule has 0 aromatic heterocycles. The number of benzene rings is 1. The van der Waals surface area contributed by atoms with E-state index >= 15 is 0 Å². The van der Waals surface area contributed by atoms with Crippen molar-refractivity contribution in [1.82, 2.24) is 10.6 Å². The van der Waals surface area contributed by atoms with Gasteiger partial charge in [0.15, 0.2) is 0 Å². The Balaban J connectivity index is 1.88. The minimum atomic E-state index is -0.152. The van der Waals surface area contributed by atoms with E-state index < -0.39 is 0 Å². The van der Waals surface area contributed by atoms with E-state index in [1.165, 1.54) is 30.4 Å². The van der Waals surface area contributed by atoms with Crippen LogP contribution in [0, 0.1) is 5.41 Å². The third-order valence-electron chi connectivity index (χ3n) is 4.74. The molecule has 0 saturated carbocycles. The summed E-state index contributed by atoms with van der Waals surface area (Å²) < 4.78 is 0. The summed E-state index contributed by atoms with van der Waals surface area (Å²) >= 11 is 0. The largest absolute Gasteiger partial charge is 0.396 e. The van der Waals surface area contributed by atoms with Crippen molar-refractivity contribution in [3.05, 3.63) is 34.9 Å². The first kappa shape index (κ1) is 17.8. The van der Waals surface area contributed by atoms with Crippen LogP contribution in [0.5, 0.6) is 0 Å². The summed E-state index contributed by atoms with van der Waals surface area (Å²) in [6.07, 6.45) is 5.55. The van der Waals surface area contributed by atoms with Gasteiger partial charge in [0.25, 0.3) is 0 Å². The number of aliphatic hydroxyl groups is 1. The van der Waals surface area contributed by atoms with Gasteiger partial charge in [-0.05, 0) is 61.1 Å². The van der Waals surface area contributed by atoms with E-state index in [1.807, 2.05) is 20.8 Å². The normalized spacial score (nSPS) is 15.7. The summed E-state index contributed by atoms with van der Waals surface area (Å²) in [4.78, 5) is 12.1. The summed E-state index contributed by atoms with van der Waals surface area (Å²) in [7, 11) is 0. The topological polar surface area (TPSA) is 61.4 Å². The van der Waals surface area contributed by atoms with Crippen molar-refractivity contribution in [2.45, 2.75) is 58.9 Å². The van der Waals surface area contributed by atoms with Crippen molar-refractivity contribution >= 4 is 6.03 Å². The van der Waals surface area contributed by atoms with Gasteiger partial charge in [-0.15, -0.1) is 0 Å². The first-order valence-electron chi connectivity index (χ1n) is 8.68. The number of urea groups is 1. The SMILES string of the molecule is CC(NC(=O)NCC(C)(C)CCO)c1ccc2c(c1)CCCC2. The number of carbonyl (C=O) groups is 1. The first-order chi connectivity index (χ1) is 10.9. The molecule has 3 N–H and O–H groups in total. The molecule has 0 bridgehead atoms. The van der Waals surface area contributed by atoms with Crippen LogP contribution >= 0.6 is 0 Å². The van der Waals surface area contributed by atoms with E-state index in [2.05, 4.69) is 28.8 Å². The second-order valence-electron chi connectivity index (χ2n) is 7.42. The molecular weight excluding hydrogens is 288 g/mol. The summed E-state index contributed by atoms with van der Waals surface area (Å²) in [6.45, 7) is 6.79. The molecule has 128 valence electrons. The number of amides is 2. The number of aryl methyl sites for hydroxylation is 2. The Morgan fingerprint density at radius 3 is 2.65 bits per heavy atom. The highest BCUT2D eigenvalue weighted by Crippen LogP contribution is 2.24. The zero-order valence-electron chi connectivity index (χ0n) is 14.6. The van der Waals surface area contributed by atoms with Crippen LogP contribution in [0.15, 0.2) is 18.2 Å². The number of hydrogen-bond donors (Lipinski definition) is 3. The number of rotatable bonds is 6. The van der Waals surface area contributed by atoms with Gasteiger partial charge in [-0.1, -0.05) is 32.0 Å². The van der Waals surface area contributed by atoms with Crippen LogP contribution in [0.3, 0.4) is 0 Å². The summed E-state index contributed by atoms with van der Waals surface area (Å²) in [5.41, 5.74) is 3.96. The first-order valence-corrected chi connectivity index (χ1v) is 8.68. The number of carbonyl (C=O) groups excluding carboxylic acids is 1. The van der Waals surface area contributed by atoms with Crippen molar-refractivity contribution in [3.8, 4) is 0 Å². The lowest BCUT2D eigenvalue weighted by atomic mass is 9.89. The van der Waals surface area contributed by atoms with Gasteiger partial charge < -0.3 is 15.7 Å². The maximum Gasteiger partial charge on any atom is 0.315 e. The lowest BCUT2D eigenvalue weighted by molar-refractivity contribution is 0.200. The number of hydrogen-bond acceptors (Lipinski definition) is 2. The van der Waals surface area contributed by atoms with Crippen LogP contribution in [0.2, 0.25) is 0 Å². The van der Waals surface area contributed by atoms with E-state index in [9.17, 15) is 4.79 Å². The van der Waals surface area contributed by atoms with Crippen molar-refractivity contribution in [3.63, 3.8) is 0 Å². The van der Waals surface area contributed by atoms with Gasteiger partial charge in [-0.25, -0.2) is 4.79 Å². The van der Waals surface area contributed by atoms with Crippen molar-refractivity contribution in [1.29, 1.82) is 0 Å². The maximum atomic E-state index is 12.1. The number of aliphatic hydroxyl groups excluding tert-OH is 1. The lowest BCUT2D eigenvalue weighted by Gasteiger charge is -2.25. The van der Waals surface area contributed by atoms with Crippen LogP contribution in [-0.2, 0) is 12.8 Å². The van der Waals surface area contributed by atoms with E-state index in [4.69, 9.17) is 5.11 Å². The molecule has 4 heteroatoms. The predicted octanol–water partition coefficient (Wildman–Crippen LogP) is 3.33. The third kappa shape index (κ3) is 5.24. The molecule has 1 atom stereocenters. The monoisotopic (exact) mass is 318 g/mol. The molecule has 1 aromatic carbocycles. The number of fused-ring (bicyclic) bond motifs is 1. The summed E-state index contributed by atoms with van der Waals surface area (Å²) in [6, 6.07) is 6.42. The van der Waals surface area contributed by atoms with Gasteiger partial charge in [0.05, 0.1) is 6.04 Å². The standard InChI is InChI=1S/C19H30N2O2/c1-14(21-18(23)20-13-19(2,3)10-11-22)16-9-8-15-6-4-5-7-17(15)12-16/h8-9,12,14,22H,4-7,10-11,13H2,1-3H3,(H2,20,21,23). The molecule has 1 unspecified atom stereocenters. The van der Waals surface area contributed by atoms with E-state index in [-0.39, 0.29) is 24.1 Å². The molecule has 0 saturated heterocycles. The Bertz CT molecular complexity index is 540. The fourth-order valence-corrected chi connectivity index (χ4v) is 3.06. The average molecular weight is 318 g/mol. The Morgan fingerprint density at radius 2 is 1.96 bits per heavy atom. The van der Waals surface area contributed by atoms with E-state index in [0.29, 0.717) is 13.0 Å². The minimum absolute atomic E-state index is 0.0109. The molecule has 2 amide bonds. The van der Waals surface area contributed by atoms with Crippen molar-refractivity contribution in [2.24, 2.45) is 5.41 Å². The average Bonchev–Trinajstić information content (AvgIpc) is 2.52. The van der Waals surface area contributed by atoms with E-state index in [1.54, 1.807) is 0 Å². The molecule has 0 fully saturated rings. The molecular formula is C19H30N2O2. The van der Waals surface area contributed by atoms with E-state index in [0.717, 1.165) is 12.0 Å². The molecule has 23 heavy (non-hydrogen) atoms. The Labute approximate surface area is 139 Å². The highest BCUT2D eigenvalue weighted by molar-refractivity contribution is 5.74. The fraction of sp³-hybridized carbons (Fsp3) is 0.632. The molecule has 4 nitrogen and oxygen atoms in total. The van der Waals surface area contributed by atoms with Crippen molar-refractivity contribution < 1.29 is 9.90 Å². The minimum Gasteiger partial charge on any atom is -0.396 e. The maximum absolute atomic E-state index is 12.1. The van der Waals surface area contributed by atoms with Gasteiger partial charge in [0.2, 0.25) is 0 Å². The summed E-state index contributed by atoms with van der Waals surface area (Å²) in [5.74, 6) is 0. The van der Waals surface area contributed by atoms with Gasteiger partial charge >= 0.3 is 6.03 Å². The van der Waals surface area contributed by atoms with Crippen LogP contribution in [0.4, 0.5) is 4.79 Å². The lowest BCUT2D eigenvalue weighted by Crippen LogP contribution is -2.41. The van der Waals surface area contributed by atoms with Gasteiger partial charge in [-0.3, -0.25) is 0 Å². The number of nitrogens with one attached hydrogen (secondary N) is 2. The zero-order chi connectivity index (χ0) is 16.9. The second-order valence-corrected chi connectivity index (χ2v) is 7.42. The smallest absolute Gasteiger partial charge is 0.315 e. The molecule has 1 aliphatic rings. The quantitative estimate of drug-likeness (QED) is 0.753. The highest BCUT2D eigenvalue weighted by Gasteiger charge is 2.19. The van der Waals surface area contributed by atoms with Crippen LogP contribution in [0.25, 0.3) is 0 Å². The van der Waals surface area contributed by atoms with Crippen LogP contribution < -0.4 is 10.6 Å². The predicted molar refractivity (Wildman–Crippen MR) is 93.5 cm³/mol. The summed E-state index contributed by atoms with van der Waals surface area (Å²) in [5, 5.41) is 14.9. The molecule has 0 aliphatic heterocycles. The van der Waals surface area contributed by atoms with Crippen LogP contribution in [-0.4, -0.2) is 24.3 Å². The van der Waals surface area contributed by atoms with Crippen LogP contribution in [0.1, 0.15) is 62.8 Å². The Morgan fingerprint density at radius 1 is 1.26 bits per heavy atom. The molecule has 0 heterocycles.